The lowest BCUT2D eigenvalue weighted by Crippen LogP contribution is -2.35. The summed E-state index contributed by atoms with van der Waals surface area (Å²) in [6.07, 6.45) is 0. The summed E-state index contributed by atoms with van der Waals surface area (Å²) in [6.45, 7) is 2.42. The maximum Gasteiger partial charge on any atom is 0.236 e. The molecule has 0 bridgehead atoms. The van der Waals surface area contributed by atoms with Crippen LogP contribution in [-0.4, -0.2) is 31.4 Å². The molecule has 0 heterocycles. The van der Waals surface area contributed by atoms with Gasteiger partial charge in [-0.15, -0.1) is 0 Å². The second kappa shape index (κ2) is 7.04. The fraction of sp³-hybridized carbons (Fsp3) is 0.278. The lowest BCUT2D eigenvalue weighted by atomic mass is 9.95. The van der Waals surface area contributed by atoms with E-state index in [1.807, 2.05) is 30.3 Å². The average Bonchev–Trinajstić information content (AvgIpc) is 2.50. The van der Waals surface area contributed by atoms with Gasteiger partial charge in [0, 0.05) is 14.1 Å². The second-order valence-electron chi connectivity index (χ2n) is 5.37. The van der Waals surface area contributed by atoms with E-state index in [-0.39, 0.29) is 11.9 Å². The SMILES string of the molecule is Cc1ccccc1C(NCC(=O)N(C)C)c1ccccc1. The van der Waals surface area contributed by atoms with E-state index in [0.717, 1.165) is 0 Å². The van der Waals surface area contributed by atoms with Gasteiger partial charge < -0.3 is 4.90 Å². The van der Waals surface area contributed by atoms with Crippen LogP contribution in [0.4, 0.5) is 0 Å². The van der Waals surface area contributed by atoms with Crippen LogP contribution in [-0.2, 0) is 4.79 Å². The molecule has 0 aliphatic heterocycles. The molecule has 0 aliphatic rings. The summed E-state index contributed by atoms with van der Waals surface area (Å²) in [5.41, 5.74) is 3.59. The molecule has 1 unspecified atom stereocenters. The van der Waals surface area contributed by atoms with E-state index >= 15 is 0 Å². The van der Waals surface area contributed by atoms with E-state index in [2.05, 4.69) is 36.5 Å². The van der Waals surface area contributed by atoms with E-state index < -0.39 is 0 Å². The fourth-order valence-electron chi connectivity index (χ4n) is 2.31. The summed E-state index contributed by atoms with van der Waals surface area (Å²) in [6, 6.07) is 18.5. The zero-order valence-electron chi connectivity index (χ0n) is 12.8. The Morgan fingerprint density at radius 3 is 2.29 bits per heavy atom. The zero-order valence-corrected chi connectivity index (χ0v) is 12.8. The predicted octanol–water partition coefficient (Wildman–Crippen LogP) is 2.76. The Bertz CT molecular complexity index is 593. The minimum atomic E-state index is 0.0244. The van der Waals surface area contributed by atoms with Gasteiger partial charge in [-0.3, -0.25) is 10.1 Å². The Hall–Kier alpha value is -2.13. The topological polar surface area (TPSA) is 32.3 Å². The highest BCUT2D eigenvalue weighted by atomic mass is 16.2. The largest absolute Gasteiger partial charge is 0.348 e. The number of nitrogens with zero attached hydrogens (tertiary/aromatic N) is 1. The highest BCUT2D eigenvalue weighted by Gasteiger charge is 2.16. The monoisotopic (exact) mass is 282 g/mol. The molecular weight excluding hydrogens is 260 g/mol. The van der Waals surface area contributed by atoms with Crippen LogP contribution in [0.5, 0.6) is 0 Å². The lowest BCUT2D eigenvalue weighted by molar-refractivity contribution is -0.127. The predicted molar refractivity (Wildman–Crippen MR) is 86.2 cm³/mol. The van der Waals surface area contributed by atoms with Crippen molar-refractivity contribution in [3.63, 3.8) is 0 Å². The normalized spacial score (nSPS) is 12.0. The number of likely N-dealkylation sites (N-methyl/N-ethyl adjacent to an activating group) is 1. The number of benzene rings is 2. The van der Waals surface area contributed by atoms with E-state index in [9.17, 15) is 4.79 Å². The number of carbonyl (C=O) groups is 1. The van der Waals surface area contributed by atoms with Crippen molar-refractivity contribution in [2.75, 3.05) is 20.6 Å². The lowest BCUT2D eigenvalue weighted by Gasteiger charge is -2.22. The number of aryl methyl sites for hydroxylation is 1. The minimum absolute atomic E-state index is 0.0244. The highest BCUT2D eigenvalue weighted by Crippen LogP contribution is 2.24. The molecule has 0 aliphatic carbocycles. The summed E-state index contributed by atoms with van der Waals surface area (Å²) in [7, 11) is 3.55. The molecule has 1 N–H and O–H groups in total. The van der Waals surface area contributed by atoms with Gasteiger partial charge in [0.1, 0.15) is 0 Å². The Balaban J connectivity index is 2.28. The second-order valence-corrected chi connectivity index (χ2v) is 5.37. The quantitative estimate of drug-likeness (QED) is 0.914. The summed E-state index contributed by atoms with van der Waals surface area (Å²) < 4.78 is 0. The van der Waals surface area contributed by atoms with E-state index in [0.29, 0.717) is 6.54 Å². The third-order valence-electron chi connectivity index (χ3n) is 3.59. The molecule has 2 aromatic rings. The smallest absolute Gasteiger partial charge is 0.236 e. The molecular formula is C18H22N2O. The standard InChI is InChI=1S/C18H22N2O/c1-14-9-7-8-12-16(14)18(15-10-5-4-6-11-15)19-13-17(21)20(2)3/h4-12,18-19H,13H2,1-3H3. The summed E-state index contributed by atoms with van der Waals surface area (Å²) in [4.78, 5) is 13.5. The molecule has 0 fully saturated rings. The van der Waals surface area contributed by atoms with Crippen molar-refractivity contribution in [1.29, 1.82) is 0 Å². The summed E-state index contributed by atoms with van der Waals surface area (Å²) >= 11 is 0. The first-order chi connectivity index (χ1) is 10.1. The molecule has 2 rings (SSSR count). The number of hydrogen-bond donors (Lipinski definition) is 1. The Labute approximate surface area is 126 Å². The van der Waals surface area contributed by atoms with E-state index in [4.69, 9.17) is 0 Å². The molecule has 0 radical (unpaired) electrons. The van der Waals surface area contributed by atoms with Crippen molar-refractivity contribution in [3.05, 3.63) is 71.3 Å². The average molecular weight is 282 g/mol. The van der Waals surface area contributed by atoms with Crippen LogP contribution >= 0.6 is 0 Å². The molecule has 2 aromatic carbocycles. The van der Waals surface area contributed by atoms with Gasteiger partial charge in [-0.25, -0.2) is 0 Å². The molecule has 21 heavy (non-hydrogen) atoms. The maximum absolute atomic E-state index is 11.9. The number of carbonyl (C=O) groups excluding carboxylic acids is 1. The van der Waals surface area contributed by atoms with Crippen molar-refractivity contribution >= 4 is 5.91 Å². The first-order valence-electron chi connectivity index (χ1n) is 7.13. The minimum Gasteiger partial charge on any atom is -0.348 e. The van der Waals surface area contributed by atoms with Crippen molar-refractivity contribution in [2.24, 2.45) is 0 Å². The molecule has 110 valence electrons. The third kappa shape index (κ3) is 3.92. The number of nitrogens with one attached hydrogen (secondary N) is 1. The van der Waals surface area contributed by atoms with Gasteiger partial charge in [-0.2, -0.15) is 0 Å². The van der Waals surface area contributed by atoms with E-state index in [1.165, 1.54) is 16.7 Å². The number of hydrogen-bond acceptors (Lipinski definition) is 2. The molecule has 0 spiro atoms. The van der Waals surface area contributed by atoms with Gasteiger partial charge in [-0.1, -0.05) is 54.6 Å². The van der Waals surface area contributed by atoms with E-state index in [1.54, 1.807) is 19.0 Å². The summed E-state index contributed by atoms with van der Waals surface area (Å²) in [5, 5.41) is 3.38. The van der Waals surface area contributed by atoms with Gasteiger partial charge in [0.2, 0.25) is 5.91 Å². The van der Waals surface area contributed by atoms with Crippen LogP contribution in [0.25, 0.3) is 0 Å². The first-order valence-corrected chi connectivity index (χ1v) is 7.13. The molecule has 1 atom stereocenters. The van der Waals surface area contributed by atoms with Gasteiger partial charge in [0.05, 0.1) is 12.6 Å². The third-order valence-corrected chi connectivity index (χ3v) is 3.59. The van der Waals surface area contributed by atoms with Crippen LogP contribution in [0.2, 0.25) is 0 Å². The van der Waals surface area contributed by atoms with Crippen LogP contribution in [0, 0.1) is 6.92 Å². The van der Waals surface area contributed by atoms with Crippen molar-refractivity contribution in [1.82, 2.24) is 10.2 Å². The molecule has 0 aromatic heterocycles. The molecule has 0 saturated heterocycles. The van der Waals surface area contributed by atoms with Crippen LogP contribution in [0.15, 0.2) is 54.6 Å². The van der Waals surface area contributed by atoms with Gasteiger partial charge in [0.25, 0.3) is 0 Å². The van der Waals surface area contributed by atoms with Crippen LogP contribution < -0.4 is 5.32 Å². The number of amides is 1. The maximum atomic E-state index is 11.9. The molecule has 1 amide bonds. The zero-order chi connectivity index (χ0) is 15.2. The Morgan fingerprint density at radius 2 is 1.67 bits per heavy atom. The Kier molecular flexibility index (Phi) is 5.12. The van der Waals surface area contributed by atoms with Gasteiger partial charge in [0.15, 0.2) is 0 Å². The first kappa shape index (κ1) is 15.3. The molecule has 3 heteroatoms. The molecule has 0 saturated carbocycles. The highest BCUT2D eigenvalue weighted by molar-refractivity contribution is 5.77. The van der Waals surface area contributed by atoms with Gasteiger partial charge in [-0.05, 0) is 23.6 Å². The number of rotatable bonds is 5. The molecule has 3 nitrogen and oxygen atoms in total. The fourth-order valence-corrected chi connectivity index (χ4v) is 2.31. The van der Waals surface area contributed by atoms with Crippen molar-refractivity contribution in [2.45, 2.75) is 13.0 Å². The summed E-state index contributed by atoms with van der Waals surface area (Å²) in [5.74, 6) is 0.0736. The van der Waals surface area contributed by atoms with Crippen molar-refractivity contribution in [3.8, 4) is 0 Å². The van der Waals surface area contributed by atoms with Crippen molar-refractivity contribution < 1.29 is 4.79 Å². The van der Waals surface area contributed by atoms with Crippen LogP contribution in [0.3, 0.4) is 0 Å². The van der Waals surface area contributed by atoms with Gasteiger partial charge >= 0.3 is 0 Å². The Morgan fingerprint density at radius 1 is 1.05 bits per heavy atom. The van der Waals surface area contributed by atoms with Crippen LogP contribution in [0.1, 0.15) is 22.7 Å².